The van der Waals surface area contributed by atoms with Gasteiger partial charge in [0.25, 0.3) is 0 Å². The third-order valence-corrected chi connectivity index (χ3v) is 3.68. The number of hydrogen-bond acceptors (Lipinski definition) is 4. The Morgan fingerprint density at radius 1 is 1.35 bits per heavy atom. The third kappa shape index (κ3) is 2.53. The van der Waals surface area contributed by atoms with Crippen LogP contribution in [0.5, 0.6) is 0 Å². The third-order valence-electron chi connectivity index (χ3n) is 3.23. The first-order valence-corrected chi connectivity index (χ1v) is 6.58. The lowest BCUT2D eigenvalue weighted by molar-refractivity contribution is 0.122. The molecule has 1 aliphatic rings. The molecule has 0 bridgehead atoms. The van der Waals surface area contributed by atoms with Gasteiger partial charge in [-0.1, -0.05) is 13.0 Å². The van der Waals surface area contributed by atoms with Crippen LogP contribution in [0.4, 0.5) is 11.4 Å². The van der Waals surface area contributed by atoms with E-state index < -0.39 is 0 Å². The normalized spacial score (nSPS) is 16.1. The fraction of sp³-hybridized carbons (Fsp3) is 0.538. The van der Waals surface area contributed by atoms with Gasteiger partial charge >= 0.3 is 0 Å². The van der Waals surface area contributed by atoms with Crippen molar-refractivity contribution >= 4 is 24.0 Å². The maximum absolute atomic E-state index is 5.38. The smallest absolute Gasteiger partial charge is 0.0642 e. The Labute approximate surface area is 109 Å². The summed E-state index contributed by atoms with van der Waals surface area (Å²) in [5, 5.41) is 3.26. The van der Waals surface area contributed by atoms with Gasteiger partial charge < -0.3 is 15.0 Å². The molecule has 1 saturated heterocycles. The molecule has 1 N–H and O–H groups in total. The number of nitrogens with zero attached hydrogens (tertiary/aromatic N) is 1. The number of hydrogen-bond donors (Lipinski definition) is 2. The Morgan fingerprint density at radius 3 is 2.65 bits per heavy atom. The summed E-state index contributed by atoms with van der Waals surface area (Å²) in [7, 11) is 1.96. The molecule has 0 spiro atoms. The van der Waals surface area contributed by atoms with Crippen molar-refractivity contribution in [1.29, 1.82) is 0 Å². The number of morpholine rings is 1. The SMILES string of the molecule is CCc1ccc(N2CCOCC2)c(S)c1NC. The average molecular weight is 252 g/mol. The van der Waals surface area contributed by atoms with Crippen molar-refractivity contribution in [2.75, 3.05) is 43.6 Å². The number of aryl methyl sites for hydroxylation is 1. The van der Waals surface area contributed by atoms with Crippen LogP contribution in [0.2, 0.25) is 0 Å². The van der Waals surface area contributed by atoms with E-state index in [-0.39, 0.29) is 0 Å². The topological polar surface area (TPSA) is 24.5 Å². The van der Waals surface area contributed by atoms with Gasteiger partial charge in [0.15, 0.2) is 0 Å². The van der Waals surface area contributed by atoms with Crippen LogP contribution in [0.25, 0.3) is 0 Å². The molecule has 0 radical (unpaired) electrons. The molecule has 3 nitrogen and oxygen atoms in total. The summed E-state index contributed by atoms with van der Waals surface area (Å²) in [5.41, 5.74) is 3.67. The first-order valence-electron chi connectivity index (χ1n) is 6.13. The van der Waals surface area contributed by atoms with Gasteiger partial charge in [-0.05, 0) is 18.1 Å². The number of thiol groups is 1. The van der Waals surface area contributed by atoms with E-state index in [1.54, 1.807) is 0 Å². The molecular formula is C13H20N2OS. The number of nitrogens with one attached hydrogen (secondary N) is 1. The Balaban J connectivity index is 2.34. The molecule has 0 atom stereocenters. The Morgan fingerprint density at radius 2 is 2.06 bits per heavy atom. The van der Waals surface area contributed by atoms with Gasteiger partial charge in [-0.25, -0.2) is 0 Å². The lowest BCUT2D eigenvalue weighted by Crippen LogP contribution is -2.36. The van der Waals surface area contributed by atoms with Gasteiger partial charge in [-0.3, -0.25) is 0 Å². The summed E-state index contributed by atoms with van der Waals surface area (Å²) in [4.78, 5) is 3.39. The molecule has 1 aliphatic heterocycles. The van der Waals surface area contributed by atoms with E-state index in [1.165, 1.54) is 11.3 Å². The zero-order valence-corrected chi connectivity index (χ0v) is 11.4. The van der Waals surface area contributed by atoms with Crippen LogP contribution in [-0.4, -0.2) is 33.4 Å². The van der Waals surface area contributed by atoms with E-state index in [1.807, 2.05) is 7.05 Å². The molecule has 1 fully saturated rings. The predicted molar refractivity (Wildman–Crippen MR) is 75.7 cm³/mol. The highest BCUT2D eigenvalue weighted by Gasteiger charge is 2.16. The van der Waals surface area contributed by atoms with Crippen molar-refractivity contribution in [3.8, 4) is 0 Å². The molecule has 0 unspecified atom stereocenters. The fourth-order valence-electron chi connectivity index (χ4n) is 2.25. The highest BCUT2D eigenvalue weighted by molar-refractivity contribution is 7.80. The summed E-state index contributed by atoms with van der Waals surface area (Å²) >= 11 is 4.68. The van der Waals surface area contributed by atoms with Crippen LogP contribution in [0.1, 0.15) is 12.5 Å². The van der Waals surface area contributed by atoms with Crippen molar-refractivity contribution in [2.24, 2.45) is 0 Å². The minimum atomic E-state index is 0.803. The maximum Gasteiger partial charge on any atom is 0.0642 e. The second-order valence-corrected chi connectivity index (χ2v) is 4.62. The van der Waals surface area contributed by atoms with E-state index in [2.05, 4.69) is 41.9 Å². The van der Waals surface area contributed by atoms with Crippen molar-refractivity contribution in [1.82, 2.24) is 0 Å². The van der Waals surface area contributed by atoms with Crippen LogP contribution in [0.3, 0.4) is 0 Å². The summed E-state index contributed by atoms with van der Waals surface area (Å²) in [5.74, 6) is 0. The molecule has 0 saturated carbocycles. The average Bonchev–Trinajstić information content (AvgIpc) is 2.39. The highest BCUT2D eigenvalue weighted by atomic mass is 32.1. The molecule has 2 rings (SSSR count). The van der Waals surface area contributed by atoms with Gasteiger partial charge in [0.2, 0.25) is 0 Å². The predicted octanol–water partition coefficient (Wildman–Crippen LogP) is 2.42. The molecule has 17 heavy (non-hydrogen) atoms. The maximum atomic E-state index is 5.38. The van der Waals surface area contributed by atoms with Gasteiger partial charge in [0.05, 0.1) is 29.5 Å². The summed E-state index contributed by atoms with van der Waals surface area (Å²) in [6.45, 7) is 5.66. The Kier molecular flexibility index (Phi) is 4.18. The minimum Gasteiger partial charge on any atom is -0.387 e. The molecular weight excluding hydrogens is 232 g/mol. The van der Waals surface area contributed by atoms with Crippen LogP contribution in [0.15, 0.2) is 17.0 Å². The number of anilines is 2. The summed E-state index contributed by atoms with van der Waals surface area (Å²) < 4.78 is 5.38. The quantitative estimate of drug-likeness (QED) is 0.808. The molecule has 0 aromatic heterocycles. The second kappa shape index (κ2) is 5.65. The zero-order chi connectivity index (χ0) is 12.3. The van der Waals surface area contributed by atoms with E-state index in [4.69, 9.17) is 4.74 Å². The zero-order valence-electron chi connectivity index (χ0n) is 10.5. The van der Waals surface area contributed by atoms with Crippen molar-refractivity contribution in [2.45, 2.75) is 18.2 Å². The molecule has 4 heteroatoms. The lowest BCUT2D eigenvalue weighted by atomic mass is 10.1. The number of ether oxygens (including phenoxy) is 1. The monoisotopic (exact) mass is 252 g/mol. The molecule has 0 aliphatic carbocycles. The van der Waals surface area contributed by atoms with Crippen LogP contribution in [-0.2, 0) is 11.2 Å². The lowest BCUT2D eigenvalue weighted by Gasteiger charge is -2.31. The van der Waals surface area contributed by atoms with Crippen molar-refractivity contribution in [3.63, 3.8) is 0 Å². The molecule has 1 aromatic rings. The van der Waals surface area contributed by atoms with Crippen LogP contribution in [0, 0.1) is 0 Å². The summed E-state index contributed by atoms with van der Waals surface area (Å²) in [6.07, 6.45) is 1.02. The van der Waals surface area contributed by atoms with E-state index in [0.717, 1.165) is 43.3 Å². The van der Waals surface area contributed by atoms with E-state index in [9.17, 15) is 0 Å². The molecule has 1 heterocycles. The van der Waals surface area contributed by atoms with Gasteiger partial charge in [0.1, 0.15) is 0 Å². The van der Waals surface area contributed by atoms with Gasteiger partial charge in [-0.2, -0.15) is 0 Å². The van der Waals surface area contributed by atoms with Crippen LogP contribution >= 0.6 is 12.6 Å². The molecule has 0 amide bonds. The summed E-state index contributed by atoms with van der Waals surface area (Å²) in [6, 6.07) is 4.36. The number of benzene rings is 1. The largest absolute Gasteiger partial charge is 0.387 e. The Hall–Kier alpha value is -0.870. The first kappa shape index (κ1) is 12.6. The first-order chi connectivity index (χ1) is 8.27. The van der Waals surface area contributed by atoms with Crippen molar-refractivity contribution < 1.29 is 4.74 Å². The van der Waals surface area contributed by atoms with Gasteiger partial charge in [0, 0.05) is 20.1 Å². The standard InChI is InChI=1S/C13H20N2OS/c1-3-10-4-5-11(13(17)12(10)14-2)15-6-8-16-9-7-15/h4-5,14,17H,3,6-9H2,1-2H3. The Bertz CT molecular complexity index is 389. The number of rotatable bonds is 3. The fourth-order valence-corrected chi connectivity index (χ4v) is 2.73. The minimum absolute atomic E-state index is 0.803. The van der Waals surface area contributed by atoms with E-state index >= 15 is 0 Å². The second-order valence-electron chi connectivity index (χ2n) is 4.17. The molecule has 1 aromatic carbocycles. The van der Waals surface area contributed by atoms with E-state index in [0.29, 0.717) is 0 Å². The molecule has 94 valence electrons. The van der Waals surface area contributed by atoms with Gasteiger partial charge in [-0.15, -0.1) is 12.6 Å². The van der Waals surface area contributed by atoms with Crippen molar-refractivity contribution in [3.05, 3.63) is 17.7 Å². The highest BCUT2D eigenvalue weighted by Crippen LogP contribution is 2.34. The van der Waals surface area contributed by atoms with Crippen LogP contribution < -0.4 is 10.2 Å².